The summed E-state index contributed by atoms with van der Waals surface area (Å²) >= 11 is 8.09. The van der Waals surface area contributed by atoms with Crippen LogP contribution in [0.4, 0.5) is 4.39 Å². The highest BCUT2D eigenvalue weighted by Gasteiger charge is 2.06. The zero-order valence-electron chi connectivity index (χ0n) is 9.06. The first kappa shape index (κ1) is 12.9. The number of halogens is 2. The van der Waals surface area contributed by atoms with E-state index in [1.807, 2.05) is 0 Å². The van der Waals surface area contributed by atoms with Gasteiger partial charge in [0.25, 0.3) is 0 Å². The Morgan fingerprint density at radius 2 is 2.11 bits per heavy atom. The van der Waals surface area contributed by atoms with Gasteiger partial charge in [0.1, 0.15) is 22.2 Å². The van der Waals surface area contributed by atoms with Crippen molar-refractivity contribution in [2.45, 2.75) is 0 Å². The summed E-state index contributed by atoms with van der Waals surface area (Å²) in [7, 11) is 0. The number of rotatable bonds is 3. The van der Waals surface area contributed by atoms with Crippen molar-refractivity contribution in [2.75, 3.05) is 0 Å². The van der Waals surface area contributed by atoms with Crippen molar-refractivity contribution in [3.8, 4) is 11.6 Å². The van der Waals surface area contributed by atoms with E-state index in [0.717, 1.165) is 0 Å². The molecule has 1 aromatic carbocycles. The minimum absolute atomic E-state index is 0.179. The zero-order chi connectivity index (χ0) is 13.1. The van der Waals surface area contributed by atoms with E-state index >= 15 is 0 Å². The SMILES string of the molecule is NC(=S)c1cccc(Oc2cc(F)ccc2Br)n1. The second kappa shape index (κ2) is 5.41. The van der Waals surface area contributed by atoms with Crippen LogP contribution in [0, 0.1) is 5.82 Å². The average molecular weight is 327 g/mol. The number of hydrogen-bond donors (Lipinski definition) is 1. The summed E-state index contributed by atoms with van der Waals surface area (Å²) in [4.78, 5) is 4.29. The Kier molecular flexibility index (Phi) is 3.88. The molecule has 6 heteroatoms. The normalized spacial score (nSPS) is 10.1. The van der Waals surface area contributed by atoms with Gasteiger partial charge in [-0.25, -0.2) is 9.37 Å². The molecule has 1 aromatic heterocycles. The van der Waals surface area contributed by atoms with E-state index in [1.165, 1.54) is 12.1 Å². The van der Waals surface area contributed by atoms with Gasteiger partial charge >= 0.3 is 0 Å². The van der Waals surface area contributed by atoms with Gasteiger partial charge < -0.3 is 10.5 Å². The predicted octanol–water partition coefficient (Wildman–Crippen LogP) is 3.41. The first-order valence-corrected chi connectivity index (χ1v) is 6.16. The Hall–Kier alpha value is -1.53. The maximum absolute atomic E-state index is 13.1. The summed E-state index contributed by atoms with van der Waals surface area (Å²) in [6.45, 7) is 0. The van der Waals surface area contributed by atoms with E-state index in [4.69, 9.17) is 22.7 Å². The topological polar surface area (TPSA) is 48.1 Å². The monoisotopic (exact) mass is 326 g/mol. The molecule has 18 heavy (non-hydrogen) atoms. The molecule has 0 saturated heterocycles. The van der Waals surface area contributed by atoms with Crippen LogP contribution in [0.25, 0.3) is 0 Å². The summed E-state index contributed by atoms with van der Waals surface area (Å²) in [6.07, 6.45) is 0. The summed E-state index contributed by atoms with van der Waals surface area (Å²) < 4.78 is 19.2. The Morgan fingerprint density at radius 3 is 2.83 bits per heavy atom. The first-order valence-electron chi connectivity index (χ1n) is 4.96. The maximum atomic E-state index is 13.1. The maximum Gasteiger partial charge on any atom is 0.219 e. The first-order chi connectivity index (χ1) is 8.56. The van der Waals surface area contributed by atoms with Gasteiger partial charge in [0, 0.05) is 12.1 Å². The molecule has 0 aliphatic heterocycles. The highest BCUT2D eigenvalue weighted by molar-refractivity contribution is 9.10. The summed E-state index contributed by atoms with van der Waals surface area (Å²) in [6, 6.07) is 9.18. The fraction of sp³-hybridized carbons (Fsp3) is 0. The summed E-state index contributed by atoms with van der Waals surface area (Å²) in [5.74, 6) is 0.243. The van der Waals surface area contributed by atoms with Crippen LogP contribution in [0.5, 0.6) is 11.6 Å². The molecule has 0 fully saturated rings. The smallest absolute Gasteiger partial charge is 0.219 e. The van der Waals surface area contributed by atoms with Gasteiger partial charge in [-0.2, -0.15) is 0 Å². The lowest BCUT2D eigenvalue weighted by molar-refractivity contribution is 0.455. The van der Waals surface area contributed by atoms with Gasteiger partial charge in [-0.15, -0.1) is 0 Å². The Balaban J connectivity index is 2.31. The number of thiocarbonyl (C=S) groups is 1. The number of nitrogens with zero attached hydrogens (tertiary/aromatic N) is 1. The highest BCUT2D eigenvalue weighted by Crippen LogP contribution is 2.29. The molecule has 0 bridgehead atoms. The van der Waals surface area contributed by atoms with Crippen molar-refractivity contribution in [3.63, 3.8) is 0 Å². The Morgan fingerprint density at radius 1 is 1.33 bits per heavy atom. The third kappa shape index (κ3) is 3.02. The molecule has 2 rings (SSSR count). The van der Waals surface area contributed by atoms with Crippen molar-refractivity contribution in [1.82, 2.24) is 4.98 Å². The largest absolute Gasteiger partial charge is 0.438 e. The van der Waals surface area contributed by atoms with E-state index in [0.29, 0.717) is 21.8 Å². The molecule has 0 spiro atoms. The Bertz CT molecular complexity index is 606. The number of nitrogens with two attached hydrogens (primary N) is 1. The van der Waals surface area contributed by atoms with Gasteiger partial charge in [0.15, 0.2) is 0 Å². The lowest BCUT2D eigenvalue weighted by Gasteiger charge is -2.07. The average Bonchev–Trinajstić information content (AvgIpc) is 2.34. The molecule has 0 aliphatic rings. The van der Waals surface area contributed by atoms with E-state index in [9.17, 15) is 4.39 Å². The second-order valence-electron chi connectivity index (χ2n) is 3.40. The van der Waals surface area contributed by atoms with Crippen molar-refractivity contribution >= 4 is 33.1 Å². The molecule has 0 radical (unpaired) electrons. The Labute approximate surface area is 117 Å². The highest BCUT2D eigenvalue weighted by atomic mass is 79.9. The van der Waals surface area contributed by atoms with Gasteiger partial charge in [-0.1, -0.05) is 18.3 Å². The molecule has 0 unspecified atom stereocenters. The fourth-order valence-corrected chi connectivity index (χ4v) is 1.72. The minimum atomic E-state index is -0.390. The third-order valence-electron chi connectivity index (χ3n) is 2.08. The molecule has 0 aliphatic carbocycles. The van der Waals surface area contributed by atoms with Crippen LogP contribution < -0.4 is 10.5 Å². The minimum Gasteiger partial charge on any atom is -0.438 e. The van der Waals surface area contributed by atoms with Gasteiger partial charge in [0.05, 0.1) is 4.47 Å². The summed E-state index contributed by atoms with van der Waals surface area (Å²) in [5, 5.41) is 0. The third-order valence-corrected chi connectivity index (χ3v) is 2.95. The summed E-state index contributed by atoms with van der Waals surface area (Å²) in [5.41, 5.74) is 5.93. The number of ether oxygens (including phenoxy) is 1. The molecule has 92 valence electrons. The van der Waals surface area contributed by atoms with Gasteiger partial charge in [-0.3, -0.25) is 0 Å². The van der Waals surface area contributed by atoms with E-state index < -0.39 is 5.82 Å². The molecule has 2 N–H and O–H groups in total. The number of aromatic nitrogens is 1. The van der Waals surface area contributed by atoms with Crippen molar-refractivity contribution < 1.29 is 9.13 Å². The fourth-order valence-electron chi connectivity index (χ4n) is 1.28. The quantitative estimate of drug-likeness (QED) is 0.878. The van der Waals surface area contributed by atoms with Gasteiger partial charge in [0.2, 0.25) is 5.88 Å². The van der Waals surface area contributed by atoms with Crippen LogP contribution in [0.1, 0.15) is 5.69 Å². The molecule has 0 amide bonds. The van der Waals surface area contributed by atoms with Crippen LogP contribution in [0.2, 0.25) is 0 Å². The van der Waals surface area contributed by atoms with Crippen LogP contribution in [-0.4, -0.2) is 9.97 Å². The van der Waals surface area contributed by atoms with Crippen molar-refractivity contribution in [2.24, 2.45) is 5.73 Å². The molecule has 1 heterocycles. The van der Waals surface area contributed by atoms with Crippen LogP contribution in [-0.2, 0) is 0 Å². The van der Waals surface area contributed by atoms with Crippen LogP contribution in [0.3, 0.4) is 0 Å². The molecule has 0 atom stereocenters. The van der Waals surface area contributed by atoms with Crippen LogP contribution in [0.15, 0.2) is 40.9 Å². The van der Waals surface area contributed by atoms with Crippen molar-refractivity contribution in [3.05, 3.63) is 52.4 Å². The van der Waals surface area contributed by atoms with E-state index in [1.54, 1.807) is 24.3 Å². The van der Waals surface area contributed by atoms with Crippen molar-refractivity contribution in [1.29, 1.82) is 0 Å². The lowest BCUT2D eigenvalue weighted by Crippen LogP contribution is -2.11. The predicted molar refractivity (Wildman–Crippen MR) is 74.3 cm³/mol. The molecule has 0 saturated carbocycles. The molecule has 2 aromatic rings. The van der Waals surface area contributed by atoms with E-state index in [2.05, 4.69) is 20.9 Å². The molecular weight excluding hydrogens is 319 g/mol. The van der Waals surface area contributed by atoms with Gasteiger partial charge in [-0.05, 0) is 34.1 Å². The molecule has 3 nitrogen and oxygen atoms in total. The number of hydrogen-bond acceptors (Lipinski definition) is 3. The number of benzene rings is 1. The lowest BCUT2D eigenvalue weighted by atomic mass is 10.3. The zero-order valence-corrected chi connectivity index (χ0v) is 11.5. The van der Waals surface area contributed by atoms with Crippen LogP contribution >= 0.6 is 28.1 Å². The molecular formula is C12H8BrFN2OS. The van der Waals surface area contributed by atoms with E-state index in [-0.39, 0.29) is 4.99 Å². The standard InChI is InChI=1S/C12H8BrFN2OS/c13-8-5-4-7(14)6-10(8)17-11-3-1-2-9(16-11)12(15)18/h1-6H,(H2,15,18). The second-order valence-corrected chi connectivity index (χ2v) is 4.70. The number of pyridine rings is 1.